The van der Waals surface area contributed by atoms with Gasteiger partial charge < -0.3 is 0 Å². The maximum absolute atomic E-state index is 5.23. The maximum atomic E-state index is 5.23. The van der Waals surface area contributed by atoms with Crippen molar-refractivity contribution in [2.24, 2.45) is 0 Å². The molecule has 0 aliphatic heterocycles. The molecule has 0 saturated heterocycles. The molecule has 2 aromatic heterocycles. The number of fused-ring (bicyclic) bond motifs is 11. The van der Waals surface area contributed by atoms with Crippen LogP contribution in [0.4, 0.5) is 0 Å². The van der Waals surface area contributed by atoms with Crippen molar-refractivity contribution >= 4 is 96.4 Å². The number of aromatic nitrogens is 2. The molecule has 0 saturated carbocycles. The number of pyridine rings is 1. The van der Waals surface area contributed by atoms with E-state index in [0.29, 0.717) is 0 Å². The molecule has 0 N–H and O–H groups in total. The van der Waals surface area contributed by atoms with E-state index in [1.807, 2.05) is 0 Å². The van der Waals surface area contributed by atoms with E-state index in [1.165, 1.54) is 81.4 Å². The summed E-state index contributed by atoms with van der Waals surface area (Å²) in [5.41, 5.74) is 7.24. The average Bonchev–Trinajstić information content (AvgIpc) is 3.66. The molecule has 0 unspecified atom stereocenters. The molecule has 11 rings (SSSR count). The molecule has 0 radical (unpaired) electrons. The molecule has 2 nitrogen and oxygen atoms in total. The Morgan fingerprint density at radius 2 is 0.945 bits per heavy atom. The number of imidazole rings is 1. The van der Waals surface area contributed by atoms with Crippen LogP contribution in [0.25, 0.3) is 82.2 Å². The fourth-order valence-electron chi connectivity index (χ4n) is 8.48. The van der Waals surface area contributed by atoms with Gasteiger partial charge in [-0.25, -0.2) is 4.98 Å². The minimum absolute atomic E-state index is 1.00. The molecule has 9 aromatic carbocycles. The van der Waals surface area contributed by atoms with E-state index in [4.69, 9.17) is 4.98 Å². The number of hydrogen-bond donors (Lipinski definition) is 0. The molecule has 0 aliphatic rings. The van der Waals surface area contributed by atoms with Gasteiger partial charge in [-0.1, -0.05) is 48.5 Å². The van der Waals surface area contributed by atoms with Gasteiger partial charge in [0.05, 0.1) is 16.6 Å². The first-order valence-electron chi connectivity index (χ1n) is 18.6. The molecule has 55 heavy (non-hydrogen) atoms. The van der Waals surface area contributed by atoms with Crippen LogP contribution in [-0.4, -0.2) is 24.5 Å². The molecular weight excluding hydrogens is 751 g/mol. The van der Waals surface area contributed by atoms with Crippen molar-refractivity contribution in [3.63, 3.8) is 0 Å². The Balaban J connectivity index is 0.989. The van der Waals surface area contributed by atoms with Crippen molar-refractivity contribution in [3.05, 3.63) is 200 Å². The van der Waals surface area contributed by atoms with Gasteiger partial charge in [0.15, 0.2) is 0 Å². The number of hydrogen-bond acceptors (Lipinski definition) is 1. The van der Waals surface area contributed by atoms with Gasteiger partial charge in [-0.05, 0) is 45.8 Å². The van der Waals surface area contributed by atoms with E-state index in [9.17, 15) is 0 Å². The van der Waals surface area contributed by atoms with Crippen LogP contribution in [0.1, 0.15) is 0 Å². The van der Waals surface area contributed by atoms with Gasteiger partial charge >= 0.3 is 192 Å². The standard InChI is InChI=1S/C51H33N2PSe/c55-54(41-12-3-1-4-13-41,42-14-5-2-6-15-42)43-28-25-35(26-29-43)34-19-21-36(22-20-34)38-23-24-39-32-46-45-30-27-37-11-7-8-16-44(37)50(45)51-52-47-17-9-10-18-48(47)53(51)49(46)33-40(39)31-38/h1-33H. The molecule has 0 aliphatic carbocycles. The van der Waals surface area contributed by atoms with Crippen LogP contribution in [0.3, 0.4) is 0 Å². The Hall–Kier alpha value is -6.08. The zero-order valence-electron chi connectivity index (χ0n) is 29.8. The molecular formula is C51H33N2PSe. The summed E-state index contributed by atoms with van der Waals surface area (Å²) in [5.74, 6) is 0. The third-order valence-electron chi connectivity index (χ3n) is 11.2. The zero-order valence-corrected chi connectivity index (χ0v) is 32.4. The topological polar surface area (TPSA) is 17.3 Å². The third-order valence-corrected chi connectivity index (χ3v) is 18.3. The van der Waals surface area contributed by atoms with Gasteiger partial charge in [-0.2, -0.15) is 0 Å². The quantitative estimate of drug-likeness (QED) is 0.0735. The minimum atomic E-state index is -1.90. The zero-order chi connectivity index (χ0) is 36.5. The van der Waals surface area contributed by atoms with Crippen molar-refractivity contribution < 1.29 is 0 Å². The van der Waals surface area contributed by atoms with Crippen LogP contribution in [0, 0.1) is 0 Å². The summed E-state index contributed by atoms with van der Waals surface area (Å²) in [5, 5.41) is 12.6. The summed E-state index contributed by atoms with van der Waals surface area (Å²) in [6, 6.07) is 73.2. The molecule has 0 amide bonds. The fraction of sp³-hybridized carbons (Fsp3) is 0. The summed E-state index contributed by atoms with van der Waals surface area (Å²) in [6.45, 7) is 0. The van der Waals surface area contributed by atoms with E-state index in [0.717, 1.165) is 16.7 Å². The molecule has 2 heterocycles. The Morgan fingerprint density at radius 3 is 1.67 bits per heavy atom. The van der Waals surface area contributed by atoms with E-state index in [1.54, 1.807) is 0 Å². The van der Waals surface area contributed by atoms with Gasteiger partial charge in [0.1, 0.15) is 5.65 Å². The van der Waals surface area contributed by atoms with Crippen molar-refractivity contribution in [2.75, 3.05) is 0 Å². The van der Waals surface area contributed by atoms with Crippen LogP contribution >= 0.6 is 5.51 Å². The predicted molar refractivity (Wildman–Crippen MR) is 238 cm³/mol. The van der Waals surface area contributed by atoms with E-state index in [2.05, 4.69) is 220 Å². The third kappa shape index (κ3) is 5.16. The summed E-state index contributed by atoms with van der Waals surface area (Å²) in [6.07, 6.45) is 0. The molecule has 0 spiro atoms. The SMILES string of the molecule is [Se]=P(c1ccccc1)(c1ccccc1)c1ccc(-c2ccc(-c3ccc4cc5c6ccc7ccccc7c6c6nc7ccccc7n6c5cc4c3)cc2)cc1. The van der Waals surface area contributed by atoms with Crippen molar-refractivity contribution in [1.29, 1.82) is 0 Å². The van der Waals surface area contributed by atoms with E-state index in [-0.39, 0.29) is 0 Å². The second kappa shape index (κ2) is 12.8. The predicted octanol–water partition coefficient (Wildman–Crippen LogP) is 11.8. The summed E-state index contributed by atoms with van der Waals surface area (Å²) in [7, 11) is 0. The van der Waals surface area contributed by atoms with Crippen LogP contribution in [0.2, 0.25) is 0 Å². The van der Waals surface area contributed by atoms with Crippen LogP contribution in [0.15, 0.2) is 200 Å². The Bertz CT molecular complexity index is 3270. The molecule has 0 fully saturated rings. The number of nitrogens with zero attached hydrogens (tertiary/aromatic N) is 2. The van der Waals surface area contributed by atoms with Crippen LogP contribution in [-0.2, 0) is 0 Å². The molecule has 258 valence electrons. The second-order valence-electron chi connectivity index (χ2n) is 14.3. The first-order chi connectivity index (χ1) is 27.1. The van der Waals surface area contributed by atoms with E-state index >= 15 is 0 Å². The number of para-hydroxylation sites is 2. The van der Waals surface area contributed by atoms with Gasteiger partial charge in [-0.15, -0.1) is 0 Å². The first kappa shape index (κ1) is 32.4. The van der Waals surface area contributed by atoms with Crippen LogP contribution in [0.5, 0.6) is 0 Å². The second-order valence-corrected chi connectivity index (χ2v) is 20.5. The average molecular weight is 784 g/mol. The number of rotatable bonds is 5. The van der Waals surface area contributed by atoms with Gasteiger partial charge in [0, 0.05) is 10.8 Å². The van der Waals surface area contributed by atoms with Crippen molar-refractivity contribution in [3.8, 4) is 22.3 Å². The van der Waals surface area contributed by atoms with Crippen molar-refractivity contribution in [2.45, 2.75) is 0 Å². The fourth-order valence-corrected chi connectivity index (χ4v) is 13.4. The first-order valence-corrected chi connectivity index (χ1v) is 22.6. The summed E-state index contributed by atoms with van der Waals surface area (Å²) >= 11 is 3.68. The summed E-state index contributed by atoms with van der Waals surface area (Å²) < 4.78 is 2.37. The number of benzene rings is 9. The van der Waals surface area contributed by atoms with Crippen LogP contribution < -0.4 is 15.9 Å². The Kier molecular flexibility index (Phi) is 7.51. The van der Waals surface area contributed by atoms with Crippen molar-refractivity contribution in [1.82, 2.24) is 9.38 Å². The molecule has 0 atom stereocenters. The Labute approximate surface area is 326 Å². The molecule has 4 heteroatoms. The summed E-state index contributed by atoms with van der Waals surface area (Å²) in [4.78, 5) is 5.23. The van der Waals surface area contributed by atoms with Gasteiger partial charge in [0.25, 0.3) is 0 Å². The molecule has 0 bridgehead atoms. The van der Waals surface area contributed by atoms with Gasteiger partial charge in [-0.3, -0.25) is 4.40 Å². The monoisotopic (exact) mass is 784 g/mol. The normalized spacial score (nSPS) is 12.1. The van der Waals surface area contributed by atoms with E-state index < -0.39 is 5.51 Å². The Morgan fingerprint density at radius 1 is 0.382 bits per heavy atom. The van der Waals surface area contributed by atoms with Gasteiger partial charge in [0.2, 0.25) is 0 Å². The molecule has 11 aromatic rings.